The molecule has 3 nitrogen and oxygen atoms in total. The van der Waals surface area contributed by atoms with Crippen LogP contribution >= 0.6 is 0 Å². The Kier molecular flexibility index (Phi) is 4.71. The fourth-order valence-corrected chi connectivity index (χ4v) is 2.05. The maximum Gasteiger partial charge on any atom is 0.360 e. The van der Waals surface area contributed by atoms with Crippen LogP contribution in [0.2, 0.25) is 0 Å². The molecule has 0 bridgehead atoms. The maximum atomic E-state index is 11.6. The van der Waals surface area contributed by atoms with Gasteiger partial charge in [-0.2, -0.15) is 4.21 Å². The summed E-state index contributed by atoms with van der Waals surface area (Å²) in [6, 6.07) is 15.2. The van der Waals surface area contributed by atoms with Crippen molar-refractivity contribution in [2.45, 2.75) is 20.5 Å². The number of hydrogen-bond donors (Lipinski definition) is 0. The van der Waals surface area contributed by atoms with Gasteiger partial charge < -0.3 is 4.18 Å². The van der Waals surface area contributed by atoms with Gasteiger partial charge in [0.2, 0.25) is 0 Å². The van der Waals surface area contributed by atoms with E-state index < -0.39 is 11.4 Å². The second-order valence-electron chi connectivity index (χ2n) is 4.35. The van der Waals surface area contributed by atoms with Gasteiger partial charge >= 0.3 is 11.4 Å². The van der Waals surface area contributed by atoms with E-state index in [0.717, 1.165) is 11.1 Å². The molecule has 0 saturated carbocycles. The molecule has 1 atom stereocenters. The van der Waals surface area contributed by atoms with Crippen molar-refractivity contribution in [1.82, 2.24) is 0 Å². The molecule has 19 heavy (non-hydrogen) atoms. The van der Waals surface area contributed by atoms with E-state index in [2.05, 4.69) is 0 Å². The van der Waals surface area contributed by atoms with E-state index in [9.17, 15) is 4.21 Å². The van der Waals surface area contributed by atoms with E-state index in [1.165, 1.54) is 5.56 Å². The molecule has 2 aromatic rings. The average molecular weight is 276 g/mol. The molecule has 0 spiro atoms. The zero-order valence-electron chi connectivity index (χ0n) is 11.0. The minimum Gasteiger partial charge on any atom is -0.380 e. The number of benzene rings is 2. The molecule has 0 radical (unpaired) electrons. The Morgan fingerprint density at radius 2 is 1.42 bits per heavy atom. The average Bonchev–Trinajstić information content (AvgIpc) is 2.41. The summed E-state index contributed by atoms with van der Waals surface area (Å²) in [5.74, 6) is 0.535. The number of aryl methyl sites for hydroxylation is 2. The second-order valence-corrected chi connectivity index (χ2v) is 5.16. The van der Waals surface area contributed by atoms with Crippen LogP contribution in [0, 0.1) is 13.8 Å². The fourth-order valence-electron chi connectivity index (χ4n) is 1.50. The molecular weight excluding hydrogens is 260 g/mol. The Labute approximate surface area is 116 Å². The first-order chi connectivity index (χ1) is 9.13. The van der Waals surface area contributed by atoms with Gasteiger partial charge in [0, 0.05) is 0 Å². The van der Waals surface area contributed by atoms with Crippen molar-refractivity contribution in [3.8, 4) is 5.75 Å². The second kappa shape index (κ2) is 6.50. The highest BCUT2D eigenvalue weighted by molar-refractivity contribution is 7.75. The largest absolute Gasteiger partial charge is 0.380 e. The summed E-state index contributed by atoms with van der Waals surface area (Å²) >= 11 is -1.78. The van der Waals surface area contributed by atoms with Crippen molar-refractivity contribution < 1.29 is 12.6 Å². The molecule has 0 amide bonds. The zero-order valence-corrected chi connectivity index (χ0v) is 11.8. The SMILES string of the molecule is Cc1ccc(COS(=O)Oc2ccc(C)cc2)cc1. The summed E-state index contributed by atoms with van der Waals surface area (Å²) in [5.41, 5.74) is 3.27. The van der Waals surface area contributed by atoms with Crippen molar-refractivity contribution in [2.24, 2.45) is 0 Å². The molecule has 0 fully saturated rings. The Hall–Kier alpha value is -1.65. The Morgan fingerprint density at radius 1 is 0.895 bits per heavy atom. The molecule has 0 aliphatic carbocycles. The van der Waals surface area contributed by atoms with Crippen LogP contribution in [0.5, 0.6) is 5.75 Å². The predicted octanol–water partition coefficient (Wildman–Crippen LogP) is 3.48. The smallest absolute Gasteiger partial charge is 0.360 e. The third kappa shape index (κ3) is 4.50. The molecule has 2 aromatic carbocycles. The molecule has 2 rings (SSSR count). The summed E-state index contributed by atoms with van der Waals surface area (Å²) in [6.45, 7) is 4.26. The molecule has 100 valence electrons. The van der Waals surface area contributed by atoms with Crippen molar-refractivity contribution >= 4 is 11.4 Å². The molecule has 1 unspecified atom stereocenters. The van der Waals surface area contributed by atoms with Gasteiger partial charge in [-0.25, -0.2) is 0 Å². The first-order valence-corrected chi connectivity index (χ1v) is 6.99. The third-order valence-electron chi connectivity index (χ3n) is 2.63. The van der Waals surface area contributed by atoms with E-state index in [1.807, 2.05) is 50.2 Å². The highest BCUT2D eigenvalue weighted by Crippen LogP contribution is 2.14. The van der Waals surface area contributed by atoms with E-state index in [0.29, 0.717) is 5.75 Å². The summed E-state index contributed by atoms with van der Waals surface area (Å²) in [5, 5.41) is 0. The lowest BCUT2D eigenvalue weighted by Crippen LogP contribution is -2.05. The van der Waals surface area contributed by atoms with E-state index >= 15 is 0 Å². The van der Waals surface area contributed by atoms with Gasteiger partial charge in [-0.05, 0) is 31.5 Å². The lowest BCUT2D eigenvalue weighted by Gasteiger charge is -2.05. The van der Waals surface area contributed by atoms with Crippen LogP contribution in [0.4, 0.5) is 0 Å². The fraction of sp³-hybridized carbons (Fsp3) is 0.200. The summed E-state index contributed by atoms with van der Waals surface area (Å²) in [4.78, 5) is 0. The topological polar surface area (TPSA) is 35.5 Å². The quantitative estimate of drug-likeness (QED) is 0.838. The first-order valence-electron chi connectivity index (χ1n) is 5.99. The van der Waals surface area contributed by atoms with Crippen molar-refractivity contribution in [3.63, 3.8) is 0 Å². The first kappa shape index (κ1) is 13.8. The van der Waals surface area contributed by atoms with Gasteiger partial charge in [0.15, 0.2) is 0 Å². The number of hydrogen-bond acceptors (Lipinski definition) is 3. The molecule has 0 N–H and O–H groups in total. The van der Waals surface area contributed by atoms with Gasteiger partial charge in [-0.3, -0.25) is 4.18 Å². The molecular formula is C15H16O3S. The lowest BCUT2D eigenvalue weighted by atomic mass is 10.2. The Morgan fingerprint density at radius 3 is 2.00 bits per heavy atom. The van der Waals surface area contributed by atoms with E-state index in [4.69, 9.17) is 8.37 Å². The van der Waals surface area contributed by atoms with Gasteiger partial charge in [-0.15, -0.1) is 0 Å². The van der Waals surface area contributed by atoms with Crippen LogP contribution in [0.1, 0.15) is 16.7 Å². The van der Waals surface area contributed by atoms with Crippen LogP contribution in [0.15, 0.2) is 48.5 Å². The molecule has 4 heteroatoms. The standard InChI is InChI=1S/C15H16O3S/c1-12-3-7-14(8-4-12)11-17-19(16)18-15-9-5-13(2)6-10-15/h3-10H,11H2,1-2H3. The third-order valence-corrected chi connectivity index (χ3v) is 3.27. The monoisotopic (exact) mass is 276 g/mol. The van der Waals surface area contributed by atoms with Crippen LogP contribution in [-0.4, -0.2) is 4.21 Å². The molecule has 0 aliphatic heterocycles. The molecule has 0 aliphatic rings. The minimum absolute atomic E-state index is 0.263. The summed E-state index contributed by atoms with van der Waals surface area (Å²) in [7, 11) is 0. The normalized spacial score (nSPS) is 12.1. The zero-order chi connectivity index (χ0) is 13.7. The van der Waals surface area contributed by atoms with E-state index in [-0.39, 0.29) is 6.61 Å². The van der Waals surface area contributed by atoms with Crippen molar-refractivity contribution in [2.75, 3.05) is 0 Å². The summed E-state index contributed by atoms with van der Waals surface area (Å²) in [6.07, 6.45) is 0. The maximum absolute atomic E-state index is 11.6. The highest BCUT2D eigenvalue weighted by Gasteiger charge is 2.04. The van der Waals surface area contributed by atoms with Crippen molar-refractivity contribution in [3.05, 3.63) is 65.2 Å². The molecule has 0 aromatic heterocycles. The molecule has 0 heterocycles. The van der Waals surface area contributed by atoms with Crippen LogP contribution in [0.25, 0.3) is 0 Å². The summed E-state index contributed by atoms with van der Waals surface area (Å²) < 4.78 is 21.9. The molecule has 0 saturated heterocycles. The minimum atomic E-state index is -1.78. The van der Waals surface area contributed by atoms with Gasteiger partial charge in [0.1, 0.15) is 5.75 Å². The highest BCUT2D eigenvalue weighted by atomic mass is 32.2. The van der Waals surface area contributed by atoms with Gasteiger partial charge in [0.05, 0.1) is 6.61 Å². The van der Waals surface area contributed by atoms with Crippen LogP contribution in [-0.2, 0) is 22.2 Å². The van der Waals surface area contributed by atoms with Crippen LogP contribution in [0.3, 0.4) is 0 Å². The van der Waals surface area contributed by atoms with Gasteiger partial charge in [0.25, 0.3) is 0 Å². The van der Waals surface area contributed by atoms with Gasteiger partial charge in [-0.1, -0.05) is 47.5 Å². The van der Waals surface area contributed by atoms with Crippen LogP contribution < -0.4 is 4.18 Å². The lowest BCUT2D eigenvalue weighted by molar-refractivity contribution is 0.301. The van der Waals surface area contributed by atoms with E-state index in [1.54, 1.807) is 12.1 Å². The Balaban J connectivity index is 1.84. The van der Waals surface area contributed by atoms with Crippen molar-refractivity contribution in [1.29, 1.82) is 0 Å². The predicted molar refractivity (Wildman–Crippen MR) is 75.9 cm³/mol. The Bertz CT molecular complexity index is 547. The number of rotatable bonds is 5.